The summed E-state index contributed by atoms with van der Waals surface area (Å²) in [5.41, 5.74) is 22.0. The largest absolute Gasteiger partial charge is 0.416 e. The second-order valence-corrected chi connectivity index (χ2v) is 26.7. The van der Waals surface area contributed by atoms with Gasteiger partial charge in [-0.05, 0) is 155 Å². The Kier molecular flexibility index (Phi) is 24.6. The molecule has 13 aromatic rings. The van der Waals surface area contributed by atoms with E-state index < -0.39 is 50.4 Å². The van der Waals surface area contributed by atoms with E-state index in [0.717, 1.165) is 60.6 Å². The first-order valence-electron chi connectivity index (χ1n) is 31.2. The molecular formula is C72H53Cl4F6N15O8S3. The van der Waals surface area contributed by atoms with Gasteiger partial charge in [-0.25, -0.2) is 4.98 Å². The number of hydrogen-bond acceptors (Lipinski definition) is 13. The van der Waals surface area contributed by atoms with Gasteiger partial charge in [0.2, 0.25) is 11.1 Å². The molecule has 0 unspecified atom stereocenters. The zero-order valence-electron chi connectivity index (χ0n) is 55.1. The van der Waals surface area contributed by atoms with Crippen LogP contribution in [0.25, 0.3) is 50.2 Å². The molecule has 0 aliphatic heterocycles. The molecule has 23 nitrogen and oxygen atoms in total. The van der Waals surface area contributed by atoms with Gasteiger partial charge in [-0.1, -0.05) is 119 Å². The van der Waals surface area contributed by atoms with Crippen LogP contribution in [0.5, 0.6) is 0 Å². The third-order valence-electron chi connectivity index (χ3n) is 16.1. The summed E-state index contributed by atoms with van der Waals surface area (Å²) in [5.74, 6) is -0.449. The number of H-pyrrole nitrogens is 4. The molecule has 8 aromatic carbocycles. The molecule has 552 valence electrons. The normalized spacial score (nSPS) is 11.2. The summed E-state index contributed by atoms with van der Waals surface area (Å²) in [5, 5.41) is 44.7. The minimum absolute atomic E-state index is 0.0405. The van der Waals surface area contributed by atoms with Crippen molar-refractivity contribution in [3.63, 3.8) is 0 Å². The van der Waals surface area contributed by atoms with E-state index in [2.05, 4.69) is 25.4 Å². The van der Waals surface area contributed by atoms with Gasteiger partial charge in [0.1, 0.15) is 0 Å². The van der Waals surface area contributed by atoms with Crippen LogP contribution in [0.3, 0.4) is 0 Å². The monoisotopic (exact) mass is 1610 g/mol. The Labute approximate surface area is 639 Å². The smallest absolute Gasteiger partial charge is 0.374 e. The van der Waals surface area contributed by atoms with Crippen molar-refractivity contribution in [2.24, 2.45) is 17.2 Å². The number of benzene rings is 8. The van der Waals surface area contributed by atoms with Gasteiger partial charge in [0.05, 0.1) is 43.7 Å². The Morgan fingerprint density at radius 2 is 0.741 bits per heavy atom. The first-order valence-corrected chi connectivity index (χ1v) is 34.5. The summed E-state index contributed by atoms with van der Waals surface area (Å²) in [7, 11) is 0. The first kappa shape index (κ1) is 78.8. The van der Waals surface area contributed by atoms with Crippen LogP contribution in [0.4, 0.5) is 37.7 Å². The molecule has 13 rings (SSSR count). The molecule has 0 bridgehead atoms. The van der Waals surface area contributed by atoms with Crippen molar-refractivity contribution in [1.29, 1.82) is 5.41 Å². The number of rotatable bonds is 15. The third kappa shape index (κ3) is 19.1. The highest BCUT2D eigenvalue weighted by molar-refractivity contribution is 7.80. The van der Waals surface area contributed by atoms with Crippen molar-refractivity contribution < 1.29 is 36.2 Å². The van der Waals surface area contributed by atoms with Crippen LogP contribution in [0.1, 0.15) is 55.6 Å². The average molecular weight is 1610 g/mol. The lowest BCUT2D eigenvalue weighted by atomic mass is 10.0. The van der Waals surface area contributed by atoms with E-state index in [1.165, 1.54) is 76.7 Å². The van der Waals surface area contributed by atoms with Gasteiger partial charge < -0.3 is 17.2 Å². The van der Waals surface area contributed by atoms with Crippen LogP contribution in [0.2, 0.25) is 20.1 Å². The fraction of sp³-hybridized carbons (Fsp3) is 0.0833. The molecule has 0 radical (unpaired) electrons. The van der Waals surface area contributed by atoms with E-state index >= 15 is 0 Å². The number of halogens is 10. The highest BCUT2D eigenvalue weighted by Crippen LogP contribution is 2.35. The van der Waals surface area contributed by atoms with Gasteiger partial charge in [0.15, 0.2) is 10.2 Å². The average Bonchev–Trinajstić information content (AvgIpc) is 1.67. The number of alkyl halides is 6. The molecule has 0 spiro atoms. The zero-order chi connectivity index (χ0) is 78.1. The maximum Gasteiger partial charge on any atom is 0.416 e. The third-order valence-corrected chi connectivity index (χ3v) is 18.1. The topological polar surface area (TPSA) is 352 Å². The number of aromatic amines is 4. The van der Waals surface area contributed by atoms with Crippen LogP contribution in [-0.4, -0.2) is 70.1 Å². The molecule has 5 heterocycles. The number of nitrogens with two attached hydrogens (primary N) is 3. The van der Waals surface area contributed by atoms with E-state index in [1.807, 2.05) is 18.2 Å². The number of nitro groups is 2. The van der Waals surface area contributed by atoms with Gasteiger partial charge in [-0.2, -0.15) is 45.1 Å². The van der Waals surface area contributed by atoms with Crippen LogP contribution >= 0.6 is 82.2 Å². The van der Waals surface area contributed by atoms with Crippen LogP contribution in [0.15, 0.2) is 225 Å². The summed E-state index contributed by atoms with van der Waals surface area (Å²) in [6.07, 6.45) is -6.25. The molecule has 36 heteroatoms. The highest BCUT2D eigenvalue weighted by atomic mass is 35.5. The van der Waals surface area contributed by atoms with Crippen molar-refractivity contribution in [3.05, 3.63) is 343 Å². The number of hydrogen-bond donors (Lipinski definition) is 8. The second-order valence-electron chi connectivity index (χ2n) is 23.3. The standard InChI is InChI=1S/C20H13ClF3N3OS.C18H13ClF3N3OS.C17H14ClN5O3.C17H13ClN4O3S/c21-15-3-1-2-12(10-15)11-16-17(13-4-6-14(7-5-13)20(22,23)24)26-27(18(16)28)19-25-8-9-29-19;19-13-3-1-2-10(8-13)9-14-15(24-25(16(14)26)17(23)27)11-4-6-12(7-5-11)18(20,21)22;18-12-3-1-2-10(8-12)9-14-15(21-22(16(14)24)17(19)20)11-4-6-13(7-5-11)23(25)26;18-12-3-1-2-10(8-12)9-14-15(20-21(16(14)23)17(19)26)11-4-6-13(7-5-11)22(24)25/h1-10,26H,11H2;1-8,24H,9H2,(H2,23,27);1-8,21H,9H2,(H3,19,20);1-8,20H,9H2,(H2,19,26). The second kappa shape index (κ2) is 33.8. The lowest BCUT2D eigenvalue weighted by Crippen LogP contribution is -2.31. The summed E-state index contributed by atoms with van der Waals surface area (Å²) < 4.78 is 81.4. The number of nitrogen functional groups attached to an aromatic ring is 1. The molecule has 5 aromatic heterocycles. The molecule has 0 atom stereocenters. The van der Waals surface area contributed by atoms with E-state index in [1.54, 1.807) is 103 Å². The van der Waals surface area contributed by atoms with Gasteiger partial charge in [-0.3, -0.25) is 65.2 Å². The Morgan fingerprint density at radius 3 is 1.01 bits per heavy atom. The first-order chi connectivity index (χ1) is 51.2. The van der Waals surface area contributed by atoms with E-state index in [9.17, 15) is 65.7 Å². The lowest BCUT2D eigenvalue weighted by molar-refractivity contribution is -0.385. The lowest BCUT2D eigenvalue weighted by Gasteiger charge is -2.08. The number of thiocarbonyl (C=S) groups is 2. The Balaban J connectivity index is 0.000000154. The maximum atomic E-state index is 13.1. The van der Waals surface area contributed by atoms with Gasteiger partial charge in [0, 0.05) is 115 Å². The fourth-order valence-corrected chi connectivity index (χ4v) is 12.7. The van der Waals surface area contributed by atoms with E-state index in [-0.39, 0.29) is 52.0 Å². The molecule has 11 N–H and O–H groups in total. The van der Waals surface area contributed by atoms with Gasteiger partial charge in [-0.15, -0.1) is 11.3 Å². The van der Waals surface area contributed by atoms with Crippen molar-refractivity contribution in [2.75, 3.05) is 0 Å². The molecule has 0 amide bonds. The predicted molar refractivity (Wildman–Crippen MR) is 411 cm³/mol. The minimum Gasteiger partial charge on any atom is -0.374 e. The quantitative estimate of drug-likeness (QED) is 0.0118. The summed E-state index contributed by atoms with van der Waals surface area (Å²) >= 11 is 35.1. The number of thiazole rings is 1. The van der Waals surface area contributed by atoms with Crippen molar-refractivity contribution in [1.82, 2.24) is 44.1 Å². The van der Waals surface area contributed by atoms with Crippen molar-refractivity contribution in [3.8, 4) is 50.2 Å². The molecule has 0 saturated heterocycles. The molecular weight excluding hydrogens is 1550 g/mol. The van der Waals surface area contributed by atoms with Gasteiger partial charge >= 0.3 is 12.4 Å². The maximum absolute atomic E-state index is 13.1. The van der Waals surface area contributed by atoms with Crippen molar-refractivity contribution in [2.45, 2.75) is 38.0 Å². The SMILES string of the molecule is N=C(N)n1[nH]c(-c2ccc([N+](=O)[O-])cc2)c(Cc2cccc(Cl)c2)c1=O.NC(=S)n1[nH]c(-c2ccc(C(F)(F)F)cc2)c(Cc2cccc(Cl)c2)c1=O.NC(=S)n1[nH]c(-c2ccc([N+](=O)[O-])cc2)c(Cc2cccc(Cl)c2)c1=O.O=c1c(Cc2cccc(Cl)c2)c(-c2ccc(C(F)(F)F)cc2)[nH]n1-c1nccs1. The molecule has 0 aliphatic carbocycles. The minimum atomic E-state index is -4.44. The summed E-state index contributed by atoms with van der Waals surface area (Å²) in [6, 6.07) is 49.1. The molecule has 0 fully saturated rings. The zero-order valence-corrected chi connectivity index (χ0v) is 60.6. The number of nitrogens with zero attached hydrogens (tertiary/aromatic N) is 7. The molecule has 0 aliphatic rings. The van der Waals surface area contributed by atoms with Crippen molar-refractivity contribution >= 4 is 110 Å². The van der Waals surface area contributed by atoms with Crippen LogP contribution in [0, 0.1) is 25.6 Å². The number of nitro benzene ring substituents is 2. The molecule has 108 heavy (non-hydrogen) atoms. The molecule has 0 saturated carbocycles. The Morgan fingerprint density at radius 1 is 0.454 bits per heavy atom. The number of aromatic nitrogens is 9. The highest BCUT2D eigenvalue weighted by Gasteiger charge is 2.32. The summed E-state index contributed by atoms with van der Waals surface area (Å²) in [6.45, 7) is 0. The van der Waals surface area contributed by atoms with Gasteiger partial charge in [0.25, 0.3) is 33.6 Å². The van der Waals surface area contributed by atoms with E-state index in [0.29, 0.717) is 98.9 Å². The summed E-state index contributed by atoms with van der Waals surface area (Å²) in [4.78, 5) is 75.9. The Hall–Kier alpha value is -11.8. The number of nitrogens with one attached hydrogen (secondary N) is 5. The van der Waals surface area contributed by atoms with Crippen LogP contribution in [-0.2, 0) is 38.0 Å². The predicted octanol–water partition coefficient (Wildman–Crippen LogP) is 15.6. The number of non-ortho nitro benzene ring substituents is 2. The van der Waals surface area contributed by atoms with Crippen LogP contribution < -0.4 is 39.4 Å². The van der Waals surface area contributed by atoms with E-state index in [4.69, 9.17) is 93.4 Å². The fourth-order valence-electron chi connectivity index (χ4n) is 11.0. The Bertz CT molecular complexity index is 5610.